The van der Waals surface area contributed by atoms with Crippen LogP contribution in [-0.2, 0) is 0 Å². The molecular formula is C22H32N6O4S. The molecular weight excluding hydrogens is 444 g/mol. The lowest BCUT2D eigenvalue weighted by Gasteiger charge is -2.28. The topological polar surface area (TPSA) is 117 Å². The number of nitro benzene ring substituents is 2. The molecule has 0 amide bonds. The smallest absolute Gasteiger partial charge is 0.292 e. The number of hydrogen-bond acceptors (Lipinski definition) is 9. The maximum Gasteiger partial charge on any atom is 0.292 e. The van der Waals surface area contributed by atoms with Crippen LogP contribution in [0.4, 0.5) is 22.7 Å². The van der Waals surface area contributed by atoms with Crippen molar-refractivity contribution in [3.8, 4) is 0 Å². The summed E-state index contributed by atoms with van der Waals surface area (Å²) >= 11 is 1.77. The lowest BCUT2D eigenvalue weighted by atomic mass is 10.1. The highest BCUT2D eigenvalue weighted by Crippen LogP contribution is 2.34. The zero-order valence-electron chi connectivity index (χ0n) is 19.9. The number of nitrogens with one attached hydrogen (secondary N) is 2. The molecule has 0 radical (unpaired) electrons. The van der Waals surface area contributed by atoms with Crippen LogP contribution in [0.5, 0.6) is 0 Å². The monoisotopic (exact) mass is 476 g/mol. The fourth-order valence-electron chi connectivity index (χ4n) is 3.62. The molecule has 180 valence electrons. The zero-order chi connectivity index (χ0) is 24.7. The molecule has 0 aliphatic heterocycles. The summed E-state index contributed by atoms with van der Waals surface area (Å²) in [6.07, 6.45) is 0. The first-order chi connectivity index (χ1) is 15.6. The molecule has 2 aromatic rings. The molecule has 2 atom stereocenters. The van der Waals surface area contributed by atoms with E-state index in [1.807, 2.05) is 52.5 Å². The molecule has 11 heteroatoms. The van der Waals surface area contributed by atoms with E-state index in [2.05, 4.69) is 20.4 Å². The van der Waals surface area contributed by atoms with Crippen LogP contribution >= 0.6 is 11.8 Å². The van der Waals surface area contributed by atoms with Gasteiger partial charge in [-0.2, -0.15) is 11.8 Å². The Kier molecular flexibility index (Phi) is 9.44. The van der Waals surface area contributed by atoms with E-state index in [0.29, 0.717) is 11.4 Å². The summed E-state index contributed by atoms with van der Waals surface area (Å²) in [6, 6.07) is 10.5. The minimum atomic E-state index is -0.389. The molecule has 2 unspecified atom stereocenters. The standard InChI is InChI=1S/C22H32N6O4S/c1-23-17-11-15(7-9-19(17)27(29)30)21(25(3)4)13-33-14-22(26(5)6)16-8-10-20(28(31)32)18(12-16)24-2/h7-12,21-24H,13-14H2,1-6H3. The van der Waals surface area contributed by atoms with E-state index in [1.165, 1.54) is 0 Å². The summed E-state index contributed by atoms with van der Waals surface area (Å²) in [4.78, 5) is 25.9. The van der Waals surface area contributed by atoms with E-state index in [4.69, 9.17) is 0 Å². The van der Waals surface area contributed by atoms with Crippen LogP contribution < -0.4 is 10.6 Å². The number of nitro groups is 2. The second kappa shape index (κ2) is 11.8. The fourth-order valence-corrected chi connectivity index (χ4v) is 5.18. The van der Waals surface area contributed by atoms with Gasteiger partial charge in [-0.3, -0.25) is 20.2 Å². The largest absolute Gasteiger partial charge is 0.383 e. The second-order valence-corrected chi connectivity index (χ2v) is 9.14. The van der Waals surface area contributed by atoms with E-state index in [9.17, 15) is 20.2 Å². The summed E-state index contributed by atoms with van der Waals surface area (Å²) in [7, 11) is 11.3. The minimum Gasteiger partial charge on any atom is -0.383 e. The van der Waals surface area contributed by atoms with Crippen LogP contribution in [0.25, 0.3) is 0 Å². The van der Waals surface area contributed by atoms with Gasteiger partial charge < -0.3 is 20.4 Å². The van der Waals surface area contributed by atoms with E-state index in [0.717, 1.165) is 22.6 Å². The van der Waals surface area contributed by atoms with Gasteiger partial charge in [0.2, 0.25) is 0 Å². The molecule has 0 saturated carbocycles. The number of thioether (sulfide) groups is 1. The Bertz CT molecular complexity index is 908. The SMILES string of the molecule is CNc1cc(C(CSCC(c2ccc([N+](=O)[O-])c(NC)c2)N(C)C)N(C)C)ccc1[N+](=O)[O-]. The summed E-state index contributed by atoms with van der Waals surface area (Å²) in [6.45, 7) is 0. The second-order valence-electron chi connectivity index (χ2n) is 8.06. The fraction of sp³-hybridized carbons (Fsp3) is 0.455. The van der Waals surface area contributed by atoms with Crippen molar-refractivity contribution in [2.45, 2.75) is 12.1 Å². The first-order valence-corrected chi connectivity index (χ1v) is 11.6. The average molecular weight is 477 g/mol. The van der Waals surface area contributed by atoms with Gasteiger partial charge in [-0.1, -0.05) is 12.1 Å². The lowest BCUT2D eigenvalue weighted by molar-refractivity contribution is -0.384. The Labute approximate surface area is 198 Å². The molecule has 2 N–H and O–H groups in total. The summed E-state index contributed by atoms with van der Waals surface area (Å²) in [5, 5.41) is 28.3. The molecule has 10 nitrogen and oxygen atoms in total. The van der Waals surface area contributed by atoms with Crippen LogP contribution in [-0.4, -0.2) is 73.4 Å². The highest BCUT2D eigenvalue weighted by molar-refractivity contribution is 7.99. The maximum atomic E-state index is 11.2. The van der Waals surface area contributed by atoms with Crippen molar-refractivity contribution in [2.24, 2.45) is 0 Å². The van der Waals surface area contributed by atoms with Gasteiger partial charge in [0.1, 0.15) is 11.4 Å². The maximum absolute atomic E-state index is 11.2. The van der Waals surface area contributed by atoms with E-state index < -0.39 is 0 Å². The van der Waals surface area contributed by atoms with Crippen molar-refractivity contribution < 1.29 is 9.85 Å². The van der Waals surface area contributed by atoms with Crippen LogP contribution in [0.15, 0.2) is 36.4 Å². The van der Waals surface area contributed by atoms with Gasteiger partial charge in [0, 0.05) is 49.8 Å². The highest BCUT2D eigenvalue weighted by atomic mass is 32.2. The molecule has 0 aliphatic carbocycles. The van der Waals surface area contributed by atoms with Crippen LogP contribution in [0.3, 0.4) is 0 Å². The molecule has 0 aliphatic rings. The Morgan fingerprint density at radius 2 is 1.15 bits per heavy atom. The van der Waals surface area contributed by atoms with Gasteiger partial charge in [-0.15, -0.1) is 0 Å². The summed E-state index contributed by atoms with van der Waals surface area (Å²) < 4.78 is 0. The Morgan fingerprint density at radius 1 is 0.788 bits per heavy atom. The van der Waals surface area contributed by atoms with Gasteiger partial charge >= 0.3 is 0 Å². The van der Waals surface area contributed by atoms with Gasteiger partial charge in [0.15, 0.2) is 0 Å². The quantitative estimate of drug-likeness (QED) is 0.343. The van der Waals surface area contributed by atoms with Crippen LogP contribution in [0.2, 0.25) is 0 Å². The van der Waals surface area contributed by atoms with E-state index >= 15 is 0 Å². The first-order valence-electron chi connectivity index (χ1n) is 10.4. The van der Waals surface area contributed by atoms with Gasteiger partial charge in [0.05, 0.1) is 9.85 Å². The number of hydrogen-bond donors (Lipinski definition) is 2. The Hall–Kier alpha value is -2.89. The molecule has 0 bridgehead atoms. The molecule has 2 aromatic carbocycles. The van der Waals surface area contributed by atoms with Gasteiger partial charge in [-0.05, 0) is 51.5 Å². The van der Waals surface area contributed by atoms with Crippen molar-refractivity contribution in [3.05, 3.63) is 67.8 Å². The minimum absolute atomic E-state index is 0.0533. The summed E-state index contributed by atoms with van der Waals surface area (Å²) in [5.74, 6) is 1.56. The van der Waals surface area contributed by atoms with Gasteiger partial charge in [-0.25, -0.2) is 0 Å². The highest BCUT2D eigenvalue weighted by Gasteiger charge is 2.22. The lowest BCUT2D eigenvalue weighted by Crippen LogP contribution is -2.25. The van der Waals surface area contributed by atoms with Crippen molar-refractivity contribution in [1.29, 1.82) is 0 Å². The van der Waals surface area contributed by atoms with Gasteiger partial charge in [0.25, 0.3) is 11.4 Å². The molecule has 0 saturated heterocycles. The van der Waals surface area contributed by atoms with Crippen molar-refractivity contribution in [2.75, 3.05) is 64.4 Å². The van der Waals surface area contributed by atoms with Crippen LogP contribution in [0, 0.1) is 20.2 Å². The normalized spacial score (nSPS) is 13.1. The van der Waals surface area contributed by atoms with E-state index in [1.54, 1.807) is 38.0 Å². The zero-order valence-corrected chi connectivity index (χ0v) is 20.7. The molecule has 0 heterocycles. The number of rotatable bonds is 12. The molecule has 0 spiro atoms. The predicted molar refractivity (Wildman–Crippen MR) is 135 cm³/mol. The number of nitrogens with zero attached hydrogens (tertiary/aromatic N) is 4. The third-order valence-electron chi connectivity index (χ3n) is 5.54. The third-order valence-corrected chi connectivity index (χ3v) is 6.64. The molecule has 0 aromatic heterocycles. The predicted octanol–water partition coefficient (Wildman–Crippen LogP) is 4.23. The molecule has 0 fully saturated rings. The third kappa shape index (κ3) is 6.56. The summed E-state index contributed by atoms with van der Waals surface area (Å²) in [5.41, 5.74) is 3.08. The average Bonchev–Trinajstić information content (AvgIpc) is 2.77. The van der Waals surface area contributed by atoms with Crippen molar-refractivity contribution >= 4 is 34.5 Å². The number of benzene rings is 2. The molecule has 2 rings (SSSR count). The Morgan fingerprint density at radius 3 is 1.42 bits per heavy atom. The Balaban J connectivity index is 2.20. The van der Waals surface area contributed by atoms with Crippen LogP contribution in [0.1, 0.15) is 23.2 Å². The first kappa shape index (κ1) is 26.4. The van der Waals surface area contributed by atoms with Crippen molar-refractivity contribution in [1.82, 2.24) is 9.80 Å². The van der Waals surface area contributed by atoms with E-state index in [-0.39, 0.29) is 33.3 Å². The molecule has 33 heavy (non-hydrogen) atoms. The number of anilines is 2. The van der Waals surface area contributed by atoms with Crippen molar-refractivity contribution in [3.63, 3.8) is 0 Å².